The molecule has 0 amide bonds. The summed E-state index contributed by atoms with van der Waals surface area (Å²) < 4.78 is 0. The summed E-state index contributed by atoms with van der Waals surface area (Å²) in [5.41, 5.74) is 7.78. The molecule has 2 nitrogen and oxygen atoms in total. The van der Waals surface area contributed by atoms with E-state index in [0.29, 0.717) is 5.92 Å². The van der Waals surface area contributed by atoms with Crippen LogP contribution in [0.5, 0.6) is 0 Å². The van der Waals surface area contributed by atoms with E-state index in [1.807, 2.05) is 6.20 Å². The van der Waals surface area contributed by atoms with Crippen molar-refractivity contribution in [2.24, 2.45) is 5.92 Å². The van der Waals surface area contributed by atoms with Crippen molar-refractivity contribution in [3.63, 3.8) is 0 Å². The van der Waals surface area contributed by atoms with Crippen molar-refractivity contribution in [3.05, 3.63) is 47.0 Å². The van der Waals surface area contributed by atoms with Gasteiger partial charge in [0.2, 0.25) is 0 Å². The van der Waals surface area contributed by atoms with Crippen LogP contribution in [0.15, 0.2) is 18.3 Å². The first-order chi connectivity index (χ1) is 11.1. The van der Waals surface area contributed by atoms with E-state index in [0.717, 1.165) is 5.92 Å². The summed E-state index contributed by atoms with van der Waals surface area (Å²) in [5.74, 6) is 1.47. The topological polar surface area (TPSA) is 25.8 Å². The predicted octanol–water partition coefficient (Wildman–Crippen LogP) is 5.55. The molecule has 0 spiro atoms. The molecule has 1 heterocycles. The van der Waals surface area contributed by atoms with Crippen LogP contribution in [-0.2, 0) is 32.7 Å². The largest absolute Gasteiger partial charge is 0.374 e. The summed E-state index contributed by atoms with van der Waals surface area (Å²) in [6, 6.07) is 4.45. The summed E-state index contributed by atoms with van der Waals surface area (Å²) in [5, 5.41) is 0. The van der Waals surface area contributed by atoms with Crippen molar-refractivity contribution in [3.8, 4) is 11.1 Å². The maximum absolute atomic E-state index is 4.59. The molecule has 0 aliphatic heterocycles. The van der Waals surface area contributed by atoms with E-state index < -0.39 is 0 Å². The Hall–Kier alpha value is -0.596. The van der Waals surface area contributed by atoms with E-state index in [4.69, 9.17) is 0 Å². The van der Waals surface area contributed by atoms with Gasteiger partial charge in [-0.3, -0.25) is 0 Å². The number of benzene rings is 1. The van der Waals surface area contributed by atoms with Gasteiger partial charge in [0.05, 0.1) is 0 Å². The van der Waals surface area contributed by atoms with Crippen molar-refractivity contribution >= 4 is 0 Å². The fourth-order valence-electron chi connectivity index (χ4n) is 3.91. The average molecular weight is 396 g/mol. The van der Waals surface area contributed by atoms with Crippen LogP contribution in [0.3, 0.4) is 0 Å². The van der Waals surface area contributed by atoms with E-state index in [1.54, 1.807) is 0 Å². The van der Waals surface area contributed by atoms with E-state index in [1.165, 1.54) is 65.6 Å². The molecule has 0 bridgehead atoms. The summed E-state index contributed by atoms with van der Waals surface area (Å²) >= 11 is 0. The first-order valence-electron chi connectivity index (χ1n) is 8.92. The molecule has 0 saturated heterocycles. The summed E-state index contributed by atoms with van der Waals surface area (Å²) in [6.07, 6.45) is 11.3. The molecule has 3 rings (SSSR count). The number of rotatable bonds is 3. The van der Waals surface area contributed by atoms with Gasteiger partial charge in [-0.05, 0) is 54.9 Å². The summed E-state index contributed by atoms with van der Waals surface area (Å²) in [4.78, 5) is 8.79. The van der Waals surface area contributed by atoms with Gasteiger partial charge in [0.15, 0.2) is 0 Å². The third kappa shape index (κ3) is 3.97. The molecular formula is C21H27N2Y-. The second-order valence-electron chi connectivity index (χ2n) is 7.07. The monoisotopic (exact) mass is 396 g/mol. The number of hydrogen-bond donors (Lipinski definition) is 0. The van der Waals surface area contributed by atoms with Crippen LogP contribution in [0.2, 0.25) is 0 Å². The molecule has 24 heavy (non-hydrogen) atoms. The van der Waals surface area contributed by atoms with Crippen molar-refractivity contribution in [1.29, 1.82) is 0 Å². The van der Waals surface area contributed by atoms with Crippen molar-refractivity contribution in [1.82, 2.24) is 9.97 Å². The third-order valence-corrected chi connectivity index (χ3v) is 5.86. The minimum absolute atomic E-state index is 0. The number of aromatic nitrogens is 2. The average Bonchev–Trinajstić information content (AvgIpc) is 2.60. The van der Waals surface area contributed by atoms with Gasteiger partial charge in [0.1, 0.15) is 0 Å². The Bertz CT molecular complexity index is 688. The van der Waals surface area contributed by atoms with E-state index in [2.05, 4.69) is 56.1 Å². The number of aryl methyl sites for hydroxylation is 1. The first kappa shape index (κ1) is 19.7. The molecular weight excluding hydrogens is 369 g/mol. The van der Waals surface area contributed by atoms with Crippen LogP contribution in [0.1, 0.15) is 67.3 Å². The van der Waals surface area contributed by atoms with Crippen LogP contribution in [0.4, 0.5) is 0 Å². The molecule has 0 atom stereocenters. The third-order valence-electron chi connectivity index (χ3n) is 5.86. The Morgan fingerprint density at radius 3 is 2.38 bits per heavy atom. The van der Waals surface area contributed by atoms with Crippen LogP contribution in [0, 0.1) is 33.0 Å². The van der Waals surface area contributed by atoms with Gasteiger partial charge < -0.3 is 9.97 Å². The first-order valence-corrected chi connectivity index (χ1v) is 8.92. The Labute approximate surface area is 171 Å². The number of nitrogens with zero attached hydrogens (tertiary/aromatic N) is 2. The SMILES string of the molecule is CCC1CCC(c2n[c-]ncc2-c2ccc(C)c(C)c2C)CC1.[Y]. The molecule has 0 N–H and O–H groups in total. The summed E-state index contributed by atoms with van der Waals surface area (Å²) in [6.45, 7) is 8.91. The molecule has 3 heteroatoms. The second kappa shape index (κ2) is 8.67. The predicted molar refractivity (Wildman–Crippen MR) is 95.5 cm³/mol. The smallest absolute Gasteiger partial charge is 0.0216 e. The Balaban J connectivity index is 0.00000208. The normalized spacial score (nSPS) is 20.5. The van der Waals surface area contributed by atoms with Gasteiger partial charge in [-0.15, -0.1) is 0 Å². The maximum Gasteiger partial charge on any atom is 0.0216 e. The minimum Gasteiger partial charge on any atom is -0.374 e. The van der Waals surface area contributed by atoms with Crippen LogP contribution < -0.4 is 0 Å². The maximum atomic E-state index is 4.59. The van der Waals surface area contributed by atoms with E-state index in [9.17, 15) is 0 Å². The molecule has 1 radical (unpaired) electrons. The zero-order valence-corrected chi connectivity index (χ0v) is 18.2. The van der Waals surface area contributed by atoms with Crippen LogP contribution in [0.25, 0.3) is 11.1 Å². The van der Waals surface area contributed by atoms with Gasteiger partial charge in [0, 0.05) is 39.0 Å². The molecule has 1 aliphatic rings. The van der Waals surface area contributed by atoms with E-state index >= 15 is 0 Å². The quantitative estimate of drug-likeness (QED) is 0.636. The van der Waals surface area contributed by atoms with Crippen LogP contribution >= 0.6 is 0 Å². The Morgan fingerprint density at radius 2 is 1.71 bits per heavy atom. The Morgan fingerprint density at radius 1 is 1.00 bits per heavy atom. The second-order valence-corrected chi connectivity index (χ2v) is 7.07. The van der Waals surface area contributed by atoms with Crippen molar-refractivity contribution in [2.75, 3.05) is 0 Å². The molecule has 2 aromatic rings. The fourth-order valence-corrected chi connectivity index (χ4v) is 3.91. The summed E-state index contributed by atoms with van der Waals surface area (Å²) in [7, 11) is 0. The standard InChI is InChI=1S/C21H27N2.Y/c1-5-17-7-9-18(10-8-17)21-20(12-22-13-23-21)19-11-6-14(2)15(3)16(19)4;/h6,11-12,17-18H,5,7-10H2,1-4H3;/q-1;. The van der Waals surface area contributed by atoms with E-state index in [-0.39, 0.29) is 32.7 Å². The Kier molecular flexibility index (Phi) is 7.13. The molecule has 1 saturated carbocycles. The van der Waals surface area contributed by atoms with Gasteiger partial charge >= 0.3 is 0 Å². The van der Waals surface area contributed by atoms with Gasteiger partial charge in [-0.2, -0.15) is 0 Å². The molecule has 1 aromatic heterocycles. The van der Waals surface area contributed by atoms with Crippen molar-refractivity contribution < 1.29 is 32.7 Å². The van der Waals surface area contributed by atoms with Gasteiger partial charge in [-0.25, -0.2) is 0 Å². The molecule has 1 aromatic carbocycles. The molecule has 125 valence electrons. The minimum atomic E-state index is 0. The zero-order valence-electron chi connectivity index (χ0n) is 15.4. The number of hydrogen-bond acceptors (Lipinski definition) is 2. The van der Waals surface area contributed by atoms with Gasteiger partial charge in [0.25, 0.3) is 0 Å². The molecule has 0 unspecified atom stereocenters. The molecule has 1 fully saturated rings. The van der Waals surface area contributed by atoms with Gasteiger partial charge in [-0.1, -0.05) is 68.6 Å². The molecule has 1 aliphatic carbocycles. The fraction of sp³-hybridized carbons (Fsp3) is 0.524. The van der Waals surface area contributed by atoms with Crippen LogP contribution in [-0.4, -0.2) is 9.97 Å². The zero-order chi connectivity index (χ0) is 16.4. The van der Waals surface area contributed by atoms with Crippen molar-refractivity contribution in [2.45, 2.75) is 65.7 Å².